The van der Waals surface area contributed by atoms with Crippen LogP contribution < -0.4 is 0 Å². The number of nitrogens with zero attached hydrogens (tertiary/aromatic N) is 4. The maximum Gasteiger partial charge on any atom is 0.159 e. The Kier molecular flexibility index (Phi) is 5.84. The van der Waals surface area contributed by atoms with Gasteiger partial charge >= 0.3 is 0 Å². The fourth-order valence-electron chi connectivity index (χ4n) is 2.44. The zero-order valence-corrected chi connectivity index (χ0v) is 15.5. The van der Waals surface area contributed by atoms with Gasteiger partial charge in [0, 0.05) is 34.5 Å². The average Bonchev–Trinajstić information content (AvgIpc) is 3.14. The van der Waals surface area contributed by atoms with Crippen LogP contribution in [0.2, 0.25) is 0 Å². The zero-order chi connectivity index (χ0) is 17.6. The lowest BCUT2D eigenvalue weighted by Gasteiger charge is -2.10. The first-order valence-corrected chi connectivity index (χ1v) is 10.5. The van der Waals surface area contributed by atoms with Gasteiger partial charge in [-0.3, -0.25) is 8.61 Å². The Morgan fingerprint density at radius 3 is 2.84 bits per heavy atom. The van der Waals surface area contributed by atoms with E-state index in [1.165, 1.54) is 11.8 Å². The third-order valence-corrected chi connectivity index (χ3v) is 6.55. The van der Waals surface area contributed by atoms with Crippen molar-refractivity contribution in [2.45, 2.75) is 24.8 Å². The fourth-order valence-corrected chi connectivity index (χ4v) is 4.93. The van der Waals surface area contributed by atoms with Gasteiger partial charge in [-0.2, -0.15) is 5.26 Å². The molecule has 1 unspecified atom stereocenters. The predicted molar refractivity (Wildman–Crippen MR) is 102 cm³/mol. The number of unbranched alkanes of at least 4 members (excludes halogenated alkanes) is 1. The molecule has 0 bridgehead atoms. The highest BCUT2D eigenvalue weighted by Gasteiger charge is 2.17. The number of hydrogen-bond donors (Lipinski definition) is 0. The molecular formula is C18H18N4OS2. The summed E-state index contributed by atoms with van der Waals surface area (Å²) in [7, 11) is -0.920. The van der Waals surface area contributed by atoms with Crippen LogP contribution in [0.15, 0.2) is 47.8 Å². The second kappa shape index (κ2) is 8.28. The van der Waals surface area contributed by atoms with E-state index in [-0.39, 0.29) is 0 Å². The van der Waals surface area contributed by atoms with Gasteiger partial charge in [-0.25, -0.2) is 9.97 Å². The van der Waals surface area contributed by atoms with Crippen LogP contribution in [0.1, 0.15) is 25.3 Å². The summed E-state index contributed by atoms with van der Waals surface area (Å²) in [6, 6.07) is 12.0. The largest absolute Gasteiger partial charge is 0.283 e. The number of hydrogen-bond acceptors (Lipinski definition) is 5. The smallest absolute Gasteiger partial charge is 0.159 e. The van der Waals surface area contributed by atoms with E-state index in [1.54, 1.807) is 12.4 Å². The quantitative estimate of drug-likeness (QED) is 0.466. The molecule has 0 radical (unpaired) electrons. The summed E-state index contributed by atoms with van der Waals surface area (Å²) in [6.45, 7) is 2.08. The highest BCUT2D eigenvalue weighted by molar-refractivity contribution is 8.10. The summed E-state index contributed by atoms with van der Waals surface area (Å²) in [5.41, 5.74) is 1.96. The number of aromatic nitrogens is 3. The molecule has 5 nitrogen and oxygen atoms in total. The molecular weight excluding hydrogens is 352 g/mol. The van der Waals surface area contributed by atoms with Crippen molar-refractivity contribution in [2.24, 2.45) is 0 Å². The van der Waals surface area contributed by atoms with Gasteiger partial charge in [-0.15, -0.1) is 0 Å². The van der Waals surface area contributed by atoms with Crippen LogP contribution >= 0.6 is 11.8 Å². The minimum atomic E-state index is -0.920. The van der Waals surface area contributed by atoms with Gasteiger partial charge in [0.15, 0.2) is 5.65 Å². The Bertz CT molecular complexity index is 931. The van der Waals surface area contributed by atoms with Gasteiger partial charge in [0.1, 0.15) is 22.5 Å². The lowest BCUT2D eigenvalue weighted by molar-refractivity contribution is 0.682. The molecule has 0 amide bonds. The van der Waals surface area contributed by atoms with E-state index in [4.69, 9.17) is 4.98 Å². The summed E-state index contributed by atoms with van der Waals surface area (Å²) in [5, 5.41) is 10.6. The molecule has 2 aromatic heterocycles. The van der Waals surface area contributed by atoms with Crippen molar-refractivity contribution in [2.75, 3.05) is 10.8 Å². The molecule has 3 aromatic rings. The molecule has 3 rings (SSSR count). The van der Waals surface area contributed by atoms with Crippen LogP contribution in [0, 0.1) is 11.3 Å². The molecule has 0 aliphatic heterocycles. The molecule has 1 atom stereocenters. The highest BCUT2D eigenvalue weighted by Crippen LogP contribution is 2.28. The van der Waals surface area contributed by atoms with Gasteiger partial charge in [0.05, 0.1) is 5.08 Å². The van der Waals surface area contributed by atoms with E-state index in [2.05, 4.69) is 18.0 Å². The van der Waals surface area contributed by atoms with Crippen molar-refractivity contribution in [3.63, 3.8) is 0 Å². The van der Waals surface area contributed by atoms with Crippen LogP contribution in [0.25, 0.3) is 17.0 Å². The van der Waals surface area contributed by atoms with Crippen molar-refractivity contribution in [3.05, 3.63) is 48.3 Å². The van der Waals surface area contributed by atoms with Crippen LogP contribution in [-0.2, 0) is 10.8 Å². The maximum absolute atomic E-state index is 12.1. The molecule has 7 heteroatoms. The SMILES string of the molecule is CCCCS(=O)CSc1nc(-c2ccccc2)n2ccnc2c1C#N. The molecule has 0 spiro atoms. The molecule has 0 aliphatic carbocycles. The topological polar surface area (TPSA) is 71.1 Å². The number of benzene rings is 1. The van der Waals surface area contributed by atoms with E-state index in [0.717, 1.165) is 24.2 Å². The summed E-state index contributed by atoms with van der Waals surface area (Å²) in [6.07, 6.45) is 5.44. The molecule has 2 heterocycles. The lowest BCUT2D eigenvalue weighted by Crippen LogP contribution is -2.04. The normalized spacial score (nSPS) is 12.2. The summed E-state index contributed by atoms with van der Waals surface area (Å²) in [4.78, 5) is 9.02. The molecule has 0 saturated carbocycles. The van der Waals surface area contributed by atoms with Gasteiger partial charge in [-0.1, -0.05) is 55.4 Å². The lowest BCUT2D eigenvalue weighted by atomic mass is 10.2. The summed E-state index contributed by atoms with van der Waals surface area (Å²) >= 11 is 1.37. The monoisotopic (exact) mass is 370 g/mol. The fraction of sp³-hybridized carbons (Fsp3) is 0.278. The third kappa shape index (κ3) is 3.91. The van der Waals surface area contributed by atoms with Crippen molar-refractivity contribution in [3.8, 4) is 17.5 Å². The van der Waals surface area contributed by atoms with Crippen LogP contribution in [0.3, 0.4) is 0 Å². The second-order valence-corrected chi connectivity index (χ2v) is 8.38. The average molecular weight is 371 g/mol. The minimum Gasteiger partial charge on any atom is -0.283 e. The second-order valence-electron chi connectivity index (χ2n) is 5.47. The summed E-state index contributed by atoms with van der Waals surface area (Å²) in [5.74, 6) is 1.41. The van der Waals surface area contributed by atoms with Crippen LogP contribution in [0.4, 0.5) is 0 Å². The van der Waals surface area contributed by atoms with Crippen LogP contribution in [0.5, 0.6) is 0 Å². The standard InChI is InChI=1S/C18H18N4OS2/c1-2-3-11-25(23)13-24-18-15(12-19)17-20-9-10-22(17)16(21-18)14-7-5-4-6-8-14/h4-10H,2-3,11,13H2,1H3. The molecule has 25 heavy (non-hydrogen) atoms. The molecule has 0 aliphatic rings. The number of rotatable bonds is 7. The highest BCUT2D eigenvalue weighted by atomic mass is 32.2. The van der Waals surface area contributed by atoms with Gasteiger partial charge in [0.2, 0.25) is 0 Å². The first-order chi connectivity index (χ1) is 12.2. The molecule has 128 valence electrons. The molecule has 0 fully saturated rings. The number of fused-ring (bicyclic) bond motifs is 1. The Morgan fingerprint density at radius 1 is 1.32 bits per heavy atom. The zero-order valence-electron chi connectivity index (χ0n) is 13.9. The van der Waals surface area contributed by atoms with E-state index >= 15 is 0 Å². The Balaban J connectivity index is 2.00. The number of thioether (sulfide) groups is 1. The third-order valence-electron chi connectivity index (χ3n) is 3.71. The van der Waals surface area contributed by atoms with E-state index in [1.807, 2.05) is 34.7 Å². The van der Waals surface area contributed by atoms with E-state index < -0.39 is 10.8 Å². The van der Waals surface area contributed by atoms with Gasteiger partial charge in [0.25, 0.3) is 0 Å². The van der Waals surface area contributed by atoms with Gasteiger partial charge < -0.3 is 0 Å². The molecule has 0 N–H and O–H groups in total. The first kappa shape index (κ1) is 17.6. The maximum atomic E-state index is 12.1. The van der Waals surface area contributed by atoms with E-state index in [0.29, 0.717) is 27.1 Å². The Labute approximate surface area is 153 Å². The van der Waals surface area contributed by atoms with Crippen molar-refractivity contribution < 1.29 is 4.21 Å². The van der Waals surface area contributed by atoms with E-state index in [9.17, 15) is 9.47 Å². The van der Waals surface area contributed by atoms with Gasteiger partial charge in [-0.05, 0) is 6.42 Å². The first-order valence-electron chi connectivity index (χ1n) is 8.05. The Hall–Kier alpha value is -2.17. The minimum absolute atomic E-state index is 0.433. The predicted octanol–water partition coefficient (Wildman–Crippen LogP) is 3.87. The summed E-state index contributed by atoms with van der Waals surface area (Å²) < 4.78 is 13.9. The molecule has 1 aromatic carbocycles. The van der Waals surface area contributed by atoms with Crippen LogP contribution in [-0.4, -0.2) is 29.4 Å². The van der Waals surface area contributed by atoms with Crippen molar-refractivity contribution in [1.29, 1.82) is 5.26 Å². The van der Waals surface area contributed by atoms with Crippen molar-refractivity contribution >= 4 is 28.2 Å². The number of imidazole rings is 1. The Morgan fingerprint density at radius 2 is 2.12 bits per heavy atom. The van der Waals surface area contributed by atoms with Crippen molar-refractivity contribution in [1.82, 2.24) is 14.4 Å². The number of nitriles is 1. The molecule has 0 saturated heterocycles.